The number of carbonyl (C=O) groups excluding carboxylic acids is 1. The van der Waals surface area contributed by atoms with Crippen LogP contribution in [0.1, 0.15) is 41.0 Å². The summed E-state index contributed by atoms with van der Waals surface area (Å²) in [5, 5.41) is 3.23. The van der Waals surface area contributed by atoms with Crippen LogP contribution < -0.4 is 5.32 Å². The number of methoxy groups -OCH3 is 1. The molecular formula is C14H29NO4. The second kappa shape index (κ2) is 9.28. The molecule has 0 aromatic carbocycles. The molecule has 0 aromatic heterocycles. The SMILES string of the molecule is COC(=O)C(C)(CCOCCOC(C)C)NC(C)C. The van der Waals surface area contributed by atoms with E-state index >= 15 is 0 Å². The lowest BCUT2D eigenvalue weighted by Gasteiger charge is -2.30. The minimum Gasteiger partial charge on any atom is -0.468 e. The Morgan fingerprint density at radius 3 is 2.26 bits per heavy atom. The molecule has 0 spiro atoms. The van der Waals surface area contributed by atoms with Crippen LogP contribution in [-0.4, -0.2) is 50.6 Å². The number of hydrogen-bond acceptors (Lipinski definition) is 5. The monoisotopic (exact) mass is 275 g/mol. The average Bonchev–Trinajstić information content (AvgIpc) is 2.31. The van der Waals surface area contributed by atoms with Crippen LogP contribution in [0.4, 0.5) is 0 Å². The summed E-state index contributed by atoms with van der Waals surface area (Å²) >= 11 is 0. The standard InChI is InChI=1S/C14H29NO4/c1-11(2)15-14(5,13(16)17-6)7-8-18-9-10-19-12(3)4/h11-12,15H,7-10H2,1-6H3. The summed E-state index contributed by atoms with van der Waals surface area (Å²) in [4.78, 5) is 11.8. The zero-order chi connectivity index (χ0) is 14.9. The molecule has 0 heterocycles. The van der Waals surface area contributed by atoms with E-state index in [0.29, 0.717) is 26.2 Å². The molecule has 0 saturated carbocycles. The second-order valence-electron chi connectivity index (χ2n) is 5.40. The highest BCUT2D eigenvalue weighted by Gasteiger charge is 2.34. The zero-order valence-corrected chi connectivity index (χ0v) is 13.1. The molecule has 1 unspecified atom stereocenters. The Hall–Kier alpha value is -0.650. The molecule has 0 aliphatic heterocycles. The van der Waals surface area contributed by atoms with Crippen LogP contribution in [0.5, 0.6) is 0 Å². The van der Waals surface area contributed by atoms with Crippen molar-refractivity contribution in [3.05, 3.63) is 0 Å². The largest absolute Gasteiger partial charge is 0.468 e. The molecule has 1 N–H and O–H groups in total. The molecule has 1 atom stereocenters. The average molecular weight is 275 g/mol. The van der Waals surface area contributed by atoms with Gasteiger partial charge in [0.2, 0.25) is 0 Å². The Bertz CT molecular complexity index is 256. The van der Waals surface area contributed by atoms with Crippen molar-refractivity contribution in [1.82, 2.24) is 5.32 Å². The van der Waals surface area contributed by atoms with Crippen molar-refractivity contribution < 1.29 is 19.0 Å². The van der Waals surface area contributed by atoms with Crippen molar-refractivity contribution in [3.63, 3.8) is 0 Å². The Morgan fingerprint density at radius 2 is 1.79 bits per heavy atom. The molecule has 0 radical (unpaired) electrons. The fraction of sp³-hybridized carbons (Fsp3) is 0.929. The molecule has 0 rings (SSSR count). The lowest BCUT2D eigenvalue weighted by molar-refractivity contribution is -0.149. The molecule has 0 aliphatic carbocycles. The number of esters is 1. The molecule has 0 aromatic rings. The summed E-state index contributed by atoms with van der Waals surface area (Å²) in [7, 11) is 1.40. The molecule has 0 saturated heterocycles. The number of rotatable bonds is 10. The fourth-order valence-corrected chi connectivity index (χ4v) is 1.82. The van der Waals surface area contributed by atoms with Crippen LogP contribution in [-0.2, 0) is 19.0 Å². The molecule has 0 amide bonds. The molecule has 0 aliphatic rings. The summed E-state index contributed by atoms with van der Waals surface area (Å²) in [5.74, 6) is -0.261. The highest BCUT2D eigenvalue weighted by molar-refractivity contribution is 5.80. The van der Waals surface area contributed by atoms with Gasteiger partial charge >= 0.3 is 5.97 Å². The molecule has 0 fully saturated rings. The fourth-order valence-electron chi connectivity index (χ4n) is 1.82. The topological polar surface area (TPSA) is 56.8 Å². The summed E-state index contributed by atoms with van der Waals surface area (Å²) in [6.07, 6.45) is 0.783. The van der Waals surface area contributed by atoms with Crippen LogP contribution in [0.3, 0.4) is 0 Å². The third kappa shape index (κ3) is 8.18. The van der Waals surface area contributed by atoms with Crippen LogP contribution >= 0.6 is 0 Å². The van der Waals surface area contributed by atoms with E-state index in [1.165, 1.54) is 7.11 Å². The molecule has 114 valence electrons. The van der Waals surface area contributed by atoms with E-state index in [2.05, 4.69) is 5.32 Å². The van der Waals surface area contributed by atoms with Crippen molar-refractivity contribution in [3.8, 4) is 0 Å². The number of nitrogens with one attached hydrogen (secondary N) is 1. The van der Waals surface area contributed by atoms with E-state index in [-0.39, 0.29) is 18.1 Å². The minimum absolute atomic E-state index is 0.202. The lowest BCUT2D eigenvalue weighted by Crippen LogP contribution is -2.53. The molecule has 0 bridgehead atoms. The van der Waals surface area contributed by atoms with Gasteiger partial charge in [-0.1, -0.05) is 0 Å². The van der Waals surface area contributed by atoms with Crippen LogP contribution in [0.25, 0.3) is 0 Å². The van der Waals surface area contributed by atoms with Gasteiger partial charge in [-0.15, -0.1) is 0 Å². The summed E-state index contributed by atoms with van der Waals surface area (Å²) in [6.45, 7) is 11.4. The van der Waals surface area contributed by atoms with Gasteiger partial charge in [0.15, 0.2) is 0 Å². The van der Waals surface area contributed by atoms with E-state index in [1.54, 1.807) is 0 Å². The van der Waals surface area contributed by atoms with E-state index in [9.17, 15) is 4.79 Å². The minimum atomic E-state index is -0.707. The van der Waals surface area contributed by atoms with Crippen molar-refractivity contribution in [2.75, 3.05) is 26.9 Å². The van der Waals surface area contributed by atoms with Crippen molar-refractivity contribution in [2.24, 2.45) is 0 Å². The highest BCUT2D eigenvalue weighted by atomic mass is 16.5. The smallest absolute Gasteiger partial charge is 0.325 e. The first-order chi connectivity index (χ1) is 8.81. The predicted octanol–water partition coefficient (Wildman–Crippen LogP) is 1.75. The Morgan fingerprint density at radius 1 is 1.16 bits per heavy atom. The van der Waals surface area contributed by atoms with Crippen LogP contribution in [0.15, 0.2) is 0 Å². The maximum Gasteiger partial charge on any atom is 0.325 e. The third-order valence-electron chi connectivity index (χ3n) is 2.67. The van der Waals surface area contributed by atoms with Gasteiger partial charge in [0.1, 0.15) is 5.54 Å². The van der Waals surface area contributed by atoms with E-state index < -0.39 is 5.54 Å². The second-order valence-corrected chi connectivity index (χ2v) is 5.40. The number of carbonyl (C=O) groups is 1. The normalized spacial score (nSPS) is 14.7. The van der Waals surface area contributed by atoms with Gasteiger partial charge in [0.25, 0.3) is 0 Å². The highest BCUT2D eigenvalue weighted by Crippen LogP contribution is 2.13. The zero-order valence-electron chi connectivity index (χ0n) is 13.1. The quantitative estimate of drug-likeness (QED) is 0.486. The Labute approximate surface area is 117 Å². The van der Waals surface area contributed by atoms with Gasteiger partial charge in [-0.25, -0.2) is 0 Å². The van der Waals surface area contributed by atoms with Gasteiger partial charge < -0.3 is 14.2 Å². The summed E-state index contributed by atoms with van der Waals surface area (Å²) in [6, 6.07) is 0.202. The van der Waals surface area contributed by atoms with Crippen molar-refractivity contribution >= 4 is 5.97 Å². The van der Waals surface area contributed by atoms with Gasteiger partial charge in [0.05, 0.1) is 26.4 Å². The van der Waals surface area contributed by atoms with Crippen LogP contribution in [0, 0.1) is 0 Å². The number of hydrogen-bond donors (Lipinski definition) is 1. The molecule has 5 nitrogen and oxygen atoms in total. The van der Waals surface area contributed by atoms with Gasteiger partial charge in [-0.2, -0.15) is 0 Å². The lowest BCUT2D eigenvalue weighted by atomic mass is 9.97. The van der Waals surface area contributed by atoms with Crippen molar-refractivity contribution in [2.45, 2.75) is 58.7 Å². The van der Waals surface area contributed by atoms with E-state index in [0.717, 1.165) is 0 Å². The maximum absolute atomic E-state index is 11.8. The predicted molar refractivity (Wildman–Crippen MR) is 75.2 cm³/mol. The molecule has 19 heavy (non-hydrogen) atoms. The van der Waals surface area contributed by atoms with E-state index in [4.69, 9.17) is 14.2 Å². The van der Waals surface area contributed by atoms with Gasteiger partial charge in [-0.3, -0.25) is 10.1 Å². The first kappa shape index (κ1) is 18.4. The van der Waals surface area contributed by atoms with Gasteiger partial charge in [0, 0.05) is 12.6 Å². The van der Waals surface area contributed by atoms with Crippen LogP contribution in [0.2, 0.25) is 0 Å². The van der Waals surface area contributed by atoms with E-state index in [1.807, 2.05) is 34.6 Å². The molecule has 5 heteroatoms. The Balaban J connectivity index is 4.03. The Kier molecular flexibility index (Phi) is 8.97. The first-order valence-corrected chi connectivity index (χ1v) is 6.87. The summed E-state index contributed by atoms with van der Waals surface area (Å²) < 4.78 is 15.7. The first-order valence-electron chi connectivity index (χ1n) is 6.87. The maximum atomic E-state index is 11.8. The third-order valence-corrected chi connectivity index (χ3v) is 2.67. The van der Waals surface area contributed by atoms with Crippen molar-refractivity contribution in [1.29, 1.82) is 0 Å². The van der Waals surface area contributed by atoms with Gasteiger partial charge in [-0.05, 0) is 41.0 Å². The summed E-state index contributed by atoms with van der Waals surface area (Å²) in [5.41, 5.74) is -0.707. The molecular weight excluding hydrogens is 246 g/mol. The number of ether oxygens (including phenoxy) is 3.